The molecule has 21 heavy (non-hydrogen) atoms. The number of hydrogen-bond acceptors (Lipinski definition) is 4. The molecule has 0 aliphatic carbocycles. The van der Waals surface area contributed by atoms with Crippen molar-refractivity contribution in [2.45, 2.75) is 19.1 Å². The van der Waals surface area contributed by atoms with E-state index >= 15 is 0 Å². The molecule has 1 amide bonds. The van der Waals surface area contributed by atoms with Gasteiger partial charge in [0.2, 0.25) is 5.91 Å². The van der Waals surface area contributed by atoms with Crippen molar-refractivity contribution in [3.63, 3.8) is 0 Å². The number of halogens is 3. The third kappa shape index (κ3) is 6.46. The van der Waals surface area contributed by atoms with E-state index in [4.69, 9.17) is 10.5 Å². The average molecular weight is 306 g/mol. The third-order valence-corrected chi connectivity index (χ3v) is 2.51. The Balaban J connectivity index is 2.47. The quantitative estimate of drug-likeness (QED) is 0.756. The van der Waals surface area contributed by atoms with E-state index in [9.17, 15) is 18.0 Å². The van der Waals surface area contributed by atoms with Gasteiger partial charge in [-0.15, -0.1) is 0 Å². The molecule has 118 valence electrons. The molecular weight excluding hydrogens is 289 g/mol. The van der Waals surface area contributed by atoms with Gasteiger partial charge < -0.3 is 20.5 Å². The second-order valence-corrected chi connectivity index (χ2v) is 4.20. The summed E-state index contributed by atoms with van der Waals surface area (Å²) in [5.41, 5.74) is 6.75. The fraction of sp³-hybridized carbons (Fsp3) is 0.462. The van der Waals surface area contributed by atoms with Crippen molar-refractivity contribution in [3.8, 4) is 5.75 Å². The highest BCUT2D eigenvalue weighted by Gasteiger charge is 2.27. The Labute approximate surface area is 120 Å². The highest BCUT2D eigenvalue weighted by molar-refractivity contribution is 5.92. The number of anilines is 1. The van der Waals surface area contributed by atoms with E-state index in [0.29, 0.717) is 18.0 Å². The number of amides is 1. The minimum atomic E-state index is -4.39. The molecule has 1 aromatic rings. The number of benzene rings is 1. The lowest BCUT2D eigenvalue weighted by Gasteiger charge is -2.12. The lowest BCUT2D eigenvalue weighted by molar-refractivity contribution is -0.174. The molecule has 8 heteroatoms. The smallest absolute Gasteiger partial charge is 0.411 e. The summed E-state index contributed by atoms with van der Waals surface area (Å²) in [5.74, 6) is -0.0292. The summed E-state index contributed by atoms with van der Waals surface area (Å²) in [6, 6.07) is 5.02. The maximum absolute atomic E-state index is 11.8. The topological polar surface area (TPSA) is 73.6 Å². The summed E-state index contributed by atoms with van der Waals surface area (Å²) in [6.07, 6.45) is -4.57. The van der Waals surface area contributed by atoms with E-state index in [1.165, 1.54) is 7.11 Å². The van der Waals surface area contributed by atoms with Crippen LogP contribution < -0.4 is 15.8 Å². The number of hydrogen-bond donors (Lipinski definition) is 2. The van der Waals surface area contributed by atoms with Gasteiger partial charge in [0.1, 0.15) is 12.4 Å². The predicted octanol–water partition coefficient (Wildman–Crippen LogP) is 2.06. The lowest BCUT2D eigenvalue weighted by atomic mass is 10.2. The number of nitrogens with one attached hydrogen (secondary N) is 1. The van der Waals surface area contributed by atoms with E-state index in [-0.39, 0.29) is 13.0 Å². The molecule has 0 atom stereocenters. The summed E-state index contributed by atoms with van der Waals surface area (Å²) in [6.45, 7) is -1.35. The van der Waals surface area contributed by atoms with Crippen LogP contribution in [0.3, 0.4) is 0 Å². The minimum absolute atomic E-state index is 0.183. The maximum atomic E-state index is 11.8. The molecule has 0 aromatic heterocycles. The molecule has 0 unspecified atom stereocenters. The number of rotatable bonds is 7. The van der Waals surface area contributed by atoms with Gasteiger partial charge in [-0.2, -0.15) is 13.2 Å². The average Bonchev–Trinajstić information content (AvgIpc) is 2.43. The van der Waals surface area contributed by atoms with Gasteiger partial charge in [0, 0.05) is 6.54 Å². The first kappa shape index (κ1) is 17.3. The summed E-state index contributed by atoms with van der Waals surface area (Å²) in [4.78, 5) is 11.6. The molecule has 0 radical (unpaired) electrons. The first-order chi connectivity index (χ1) is 9.85. The molecule has 0 saturated heterocycles. The normalized spacial score (nSPS) is 11.3. The molecule has 0 saturated carbocycles. The van der Waals surface area contributed by atoms with Gasteiger partial charge in [0.25, 0.3) is 0 Å². The van der Waals surface area contributed by atoms with Crippen molar-refractivity contribution in [1.82, 2.24) is 0 Å². The Morgan fingerprint density at radius 3 is 2.67 bits per heavy atom. The van der Waals surface area contributed by atoms with Crippen LogP contribution in [0.25, 0.3) is 0 Å². The molecule has 1 aromatic carbocycles. The second-order valence-electron chi connectivity index (χ2n) is 4.20. The zero-order valence-corrected chi connectivity index (χ0v) is 11.5. The Hall–Kier alpha value is -1.80. The Bertz CT molecular complexity index is 478. The van der Waals surface area contributed by atoms with Crippen molar-refractivity contribution in [1.29, 1.82) is 0 Å². The van der Waals surface area contributed by atoms with Crippen LogP contribution in [0.15, 0.2) is 18.2 Å². The van der Waals surface area contributed by atoms with Gasteiger partial charge in [0.15, 0.2) is 0 Å². The highest BCUT2D eigenvalue weighted by Crippen LogP contribution is 2.25. The number of alkyl halides is 3. The van der Waals surface area contributed by atoms with Crippen LogP contribution >= 0.6 is 0 Å². The van der Waals surface area contributed by atoms with Crippen molar-refractivity contribution >= 4 is 11.6 Å². The lowest BCUT2D eigenvalue weighted by Crippen LogP contribution is -2.20. The Kier molecular flexibility index (Phi) is 6.44. The van der Waals surface area contributed by atoms with Crippen molar-refractivity contribution < 1.29 is 27.4 Å². The number of carbonyl (C=O) groups excluding carboxylic acids is 1. The van der Waals surface area contributed by atoms with Gasteiger partial charge in [0.05, 0.1) is 25.8 Å². The van der Waals surface area contributed by atoms with Crippen LogP contribution in [-0.4, -0.2) is 32.4 Å². The van der Waals surface area contributed by atoms with Crippen molar-refractivity contribution in [3.05, 3.63) is 23.8 Å². The van der Waals surface area contributed by atoms with Crippen LogP contribution in [-0.2, 0) is 16.1 Å². The summed E-state index contributed by atoms with van der Waals surface area (Å²) in [7, 11) is 1.44. The van der Waals surface area contributed by atoms with Crippen LogP contribution in [0.2, 0.25) is 0 Å². The molecule has 0 heterocycles. The molecule has 0 fully saturated rings. The van der Waals surface area contributed by atoms with Gasteiger partial charge >= 0.3 is 6.18 Å². The second kappa shape index (κ2) is 7.84. The molecular formula is C13H17F3N2O3. The molecule has 0 spiro atoms. The summed E-state index contributed by atoms with van der Waals surface area (Å²) in [5, 5.41) is 2.54. The molecule has 0 aliphatic rings. The monoisotopic (exact) mass is 306 g/mol. The van der Waals surface area contributed by atoms with Gasteiger partial charge in [-0.05, 0) is 17.7 Å². The van der Waals surface area contributed by atoms with Crippen molar-refractivity contribution in [2.75, 3.05) is 25.6 Å². The standard InChI is InChI=1S/C13H17F3N2O3/c1-20-11-6-9(7-17)2-3-10(11)18-12(19)4-5-21-8-13(14,15)16/h2-3,6H,4-5,7-8,17H2,1H3,(H,18,19). The maximum Gasteiger partial charge on any atom is 0.411 e. The highest BCUT2D eigenvalue weighted by atomic mass is 19.4. The molecule has 3 N–H and O–H groups in total. The Morgan fingerprint density at radius 1 is 1.38 bits per heavy atom. The first-order valence-corrected chi connectivity index (χ1v) is 6.17. The van der Waals surface area contributed by atoms with Crippen LogP contribution in [0.5, 0.6) is 5.75 Å². The Morgan fingerprint density at radius 2 is 2.10 bits per heavy atom. The minimum Gasteiger partial charge on any atom is -0.495 e. The zero-order chi connectivity index (χ0) is 15.9. The number of methoxy groups -OCH3 is 1. The van der Waals surface area contributed by atoms with Gasteiger partial charge in [-0.1, -0.05) is 6.07 Å². The first-order valence-electron chi connectivity index (χ1n) is 6.17. The van der Waals surface area contributed by atoms with Crippen molar-refractivity contribution in [2.24, 2.45) is 5.73 Å². The summed E-state index contributed by atoms with van der Waals surface area (Å²) < 4.78 is 45.0. The van der Waals surface area contributed by atoms with Crippen LogP contribution in [0, 0.1) is 0 Å². The van der Waals surface area contributed by atoms with E-state index < -0.39 is 18.7 Å². The zero-order valence-electron chi connectivity index (χ0n) is 11.5. The number of nitrogens with two attached hydrogens (primary N) is 1. The SMILES string of the molecule is COc1cc(CN)ccc1NC(=O)CCOCC(F)(F)F. The van der Waals surface area contributed by atoms with E-state index in [0.717, 1.165) is 5.56 Å². The fourth-order valence-corrected chi connectivity index (χ4v) is 1.53. The van der Waals surface area contributed by atoms with Gasteiger partial charge in [-0.3, -0.25) is 4.79 Å². The number of carbonyl (C=O) groups is 1. The van der Waals surface area contributed by atoms with E-state index in [1.54, 1.807) is 18.2 Å². The molecule has 1 rings (SSSR count). The number of ether oxygens (including phenoxy) is 2. The van der Waals surface area contributed by atoms with E-state index in [2.05, 4.69) is 10.1 Å². The van der Waals surface area contributed by atoms with Crippen LogP contribution in [0.1, 0.15) is 12.0 Å². The largest absolute Gasteiger partial charge is 0.495 e. The van der Waals surface area contributed by atoms with E-state index in [1.807, 2.05) is 0 Å². The molecule has 0 aliphatic heterocycles. The summed E-state index contributed by atoms with van der Waals surface area (Å²) >= 11 is 0. The third-order valence-electron chi connectivity index (χ3n) is 2.51. The van der Waals surface area contributed by atoms with Crippen LogP contribution in [0.4, 0.5) is 18.9 Å². The fourth-order valence-electron chi connectivity index (χ4n) is 1.53. The van der Waals surface area contributed by atoms with Gasteiger partial charge in [-0.25, -0.2) is 0 Å². The predicted molar refractivity (Wildman–Crippen MR) is 71.0 cm³/mol. The molecule has 5 nitrogen and oxygen atoms in total. The molecule has 0 bridgehead atoms.